The second-order valence-electron chi connectivity index (χ2n) is 2.20. The summed E-state index contributed by atoms with van der Waals surface area (Å²) in [5, 5.41) is 17.6. The van der Waals surface area contributed by atoms with Crippen LogP contribution in [-0.2, 0) is 10.1 Å². The Morgan fingerprint density at radius 3 is 2.00 bits per heavy atom. The van der Waals surface area contributed by atoms with Gasteiger partial charge in [-0.15, -0.1) is 0 Å². The Bertz CT molecular complexity index is 213. The van der Waals surface area contributed by atoms with Crippen LogP contribution in [0.1, 0.15) is 6.92 Å². The molecule has 0 aromatic heterocycles. The zero-order valence-corrected chi connectivity index (χ0v) is 9.95. The van der Waals surface area contributed by atoms with Crippen molar-refractivity contribution in [2.75, 3.05) is 18.8 Å². The fraction of sp³-hybridized carbons (Fsp3) is 1.00. The number of hydrogen-bond acceptors (Lipinski definition) is 4. The SMILES string of the molecule is CC[N+](O)(O)CCS(=O)(=O)O.[Na+]. The van der Waals surface area contributed by atoms with Crippen LogP contribution in [0, 0.1) is 0 Å². The molecule has 3 N–H and O–H groups in total. The Morgan fingerprint density at radius 2 is 1.75 bits per heavy atom. The van der Waals surface area contributed by atoms with Gasteiger partial charge in [0.1, 0.15) is 12.3 Å². The second kappa shape index (κ2) is 5.51. The van der Waals surface area contributed by atoms with Crippen LogP contribution in [0.2, 0.25) is 0 Å². The third-order valence-electron chi connectivity index (χ3n) is 1.21. The molecule has 0 heterocycles. The summed E-state index contributed by atoms with van der Waals surface area (Å²) in [5.74, 6) is -0.659. The summed E-state index contributed by atoms with van der Waals surface area (Å²) in [6.45, 7) is 1.01. The molecular weight excluding hydrogens is 197 g/mol. The fourth-order valence-corrected chi connectivity index (χ4v) is 0.943. The van der Waals surface area contributed by atoms with Crippen LogP contribution in [0.25, 0.3) is 0 Å². The van der Waals surface area contributed by atoms with Crippen LogP contribution in [0.4, 0.5) is 0 Å². The molecule has 0 aromatic rings. The summed E-state index contributed by atoms with van der Waals surface area (Å²) >= 11 is 0. The molecule has 0 fully saturated rings. The molecule has 0 amide bonds. The maximum atomic E-state index is 10.1. The Kier molecular flexibility index (Phi) is 7.01. The number of quaternary nitrogens is 1. The van der Waals surface area contributed by atoms with Crippen molar-refractivity contribution in [2.24, 2.45) is 0 Å². The first kappa shape index (κ1) is 15.3. The van der Waals surface area contributed by atoms with E-state index in [1.165, 1.54) is 6.92 Å². The fourth-order valence-electron chi connectivity index (χ4n) is 0.420. The minimum Gasteiger partial charge on any atom is -0.285 e. The maximum Gasteiger partial charge on any atom is 1.00 e. The third-order valence-corrected chi connectivity index (χ3v) is 1.91. The van der Waals surface area contributed by atoms with Gasteiger partial charge < -0.3 is 0 Å². The first-order chi connectivity index (χ1) is 4.77. The van der Waals surface area contributed by atoms with Crippen LogP contribution in [0.3, 0.4) is 0 Å². The van der Waals surface area contributed by atoms with Crippen LogP contribution in [0.15, 0.2) is 0 Å². The van der Waals surface area contributed by atoms with Gasteiger partial charge in [-0.2, -0.15) is 18.8 Å². The van der Waals surface area contributed by atoms with E-state index in [9.17, 15) is 8.42 Å². The van der Waals surface area contributed by atoms with Crippen molar-refractivity contribution in [1.29, 1.82) is 0 Å². The summed E-state index contributed by atoms with van der Waals surface area (Å²) in [6, 6.07) is 0. The quantitative estimate of drug-likeness (QED) is 0.193. The molecule has 0 radical (unpaired) electrons. The van der Waals surface area contributed by atoms with Crippen molar-refractivity contribution >= 4 is 10.1 Å². The molecule has 8 heteroatoms. The van der Waals surface area contributed by atoms with Crippen molar-refractivity contribution in [3.8, 4) is 0 Å². The van der Waals surface area contributed by atoms with E-state index >= 15 is 0 Å². The molecule has 0 aliphatic heterocycles. The Balaban J connectivity index is 0. The molecular formula is C4H12NNaO5S+2. The minimum atomic E-state index is -4.10. The molecule has 0 saturated carbocycles. The van der Waals surface area contributed by atoms with E-state index in [4.69, 9.17) is 15.0 Å². The summed E-state index contributed by atoms with van der Waals surface area (Å²) in [7, 11) is -4.10. The molecule has 0 aliphatic carbocycles. The van der Waals surface area contributed by atoms with E-state index in [2.05, 4.69) is 0 Å². The van der Waals surface area contributed by atoms with Gasteiger partial charge in [-0.1, -0.05) is 0 Å². The minimum absolute atomic E-state index is 0. The van der Waals surface area contributed by atoms with Gasteiger partial charge in [0.2, 0.25) is 0 Å². The molecule has 0 aliphatic rings. The Labute approximate surface area is 93.3 Å². The molecule has 68 valence electrons. The average Bonchev–Trinajstić information content (AvgIpc) is 1.83. The maximum absolute atomic E-state index is 10.1. The van der Waals surface area contributed by atoms with Crippen LogP contribution >= 0.6 is 0 Å². The number of nitrogens with zero attached hydrogens (tertiary/aromatic N) is 1. The smallest absolute Gasteiger partial charge is 0.285 e. The topological polar surface area (TPSA) is 94.8 Å². The molecule has 0 spiro atoms. The van der Waals surface area contributed by atoms with E-state index in [1.54, 1.807) is 0 Å². The van der Waals surface area contributed by atoms with Crippen molar-refractivity contribution in [1.82, 2.24) is 0 Å². The predicted molar refractivity (Wildman–Crippen MR) is 35.7 cm³/mol. The van der Waals surface area contributed by atoms with Gasteiger partial charge in [-0.3, -0.25) is 4.55 Å². The first-order valence-corrected chi connectivity index (χ1v) is 4.65. The standard InChI is InChI=1S/C4H11NO5S.Na/c1-2-5(6,7)3-4-11(8,9)10;/h6-7H,2-4H2,1H3;/q;+1/p+1. The van der Waals surface area contributed by atoms with E-state index in [1.807, 2.05) is 0 Å². The molecule has 12 heavy (non-hydrogen) atoms. The Morgan fingerprint density at radius 1 is 1.33 bits per heavy atom. The van der Waals surface area contributed by atoms with Crippen LogP contribution < -0.4 is 29.6 Å². The summed E-state index contributed by atoms with van der Waals surface area (Å²) in [6.07, 6.45) is 0. The van der Waals surface area contributed by atoms with Gasteiger partial charge in [0, 0.05) is 0 Å². The van der Waals surface area contributed by atoms with Gasteiger partial charge >= 0.3 is 29.6 Å². The van der Waals surface area contributed by atoms with E-state index < -0.39 is 27.2 Å². The average molecular weight is 209 g/mol. The zero-order chi connectivity index (χ0) is 9.12. The van der Waals surface area contributed by atoms with E-state index in [0.29, 0.717) is 0 Å². The molecule has 0 saturated heterocycles. The number of hydrogen-bond donors (Lipinski definition) is 3. The van der Waals surface area contributed by atoms with E-state index in [0.717, 1.165) is 0 Å². The normalized spacial score (nSPS) is 12.3. The monoisotopic (exact) mass is 209 g/mol. The van der Waals surface area contributed by atoms with Gasteiger partial charge in [0.25, 0.3) is 10.1 Å². The van der Waals surface area contributed by atoms with Gasteiger partial charge in [-0.25, -0.2) is 0 Å². The van der Waals surface area contributed by atoms with E-state index in [-0.39, 0.29) is 36.1 Å². The summed E-state index contributed by atoms with van der Waals surface area (Å²) < 4.78 is 28.5. The van der Waals surface area contributed by atoms with Gasteiger partial charge in [-0.05, 0) is 11.7 Å². The largest absolute Gasteiger partial charge is 1.00 e. The molecule has 0 rings (SSSR count). The molecule has 0 aromatic carbocycles. The first-order valence-electron chi connectivity index (χ1n) is 3.04. The summed E-state index contributed by atoms with van der Waals surface area (Å²) in [4.78, 5) is -1.39. The summed E-state index contributed by atoms with van der Waals surface area (Å²) in [5.41, 5.74) is 0. The van der Waals surface area contributed by atoms with Gasteiger partial charge in [0.05, 0.1) is 0 Å². The molecule has 6 nitrogen and oxygen atoms in total. The third kappa shape index (κ3) is 8.88. The number of rotatable bonds is 4. The van der Waals surface area contributed by atoms with Gasteiger partial charge in [0.15, 0.2) is 6.54 Å². The molecule has 0 bridgehead atoms. The van der Waals surface area contributed by atoms with Crippen LogP contribution in [0.5, 0.6) is 0 Å². The Hall–Kier alpha value is 0.790. The van der Waals surface area contributed by atoms with Crippen molar-refractivity contribution < 1.29 is 57.8 Å². The second-order valence-corrected chi connectivity index (χ2v) is 3.78. The van der Waals surface area contributed by atoms with Crippen molar-refractivity contribution in [2.45, 2.75) is 6.92 Å². The van der Waals surface area contributed by atoms with Crippen molar-refractivity contribution in [3.05, 3.63) is 0 Å². The molecule has 0 atom stereocenters. The van der Waals surface area contributed by atoms with Crippen LogP contribution in [-0.4, -0.2) is 47.0 Å². The number of hydroxylamine groups is 4. The molecule has 0 unspecified atom stereocenters. The van der Waals surface area contributed by atoms with Crippen molar-refractivity contribution in [3.63, 3.8) is 0 Å². The predicted octanol–water partition coefficient (Wildman–Crippen LogP) is -3.51. The zero-order valence-electron chi connectivity index (χ0n) is 7.13.